The Hall–Kier alpha value is -0.0900. The molecule has 11 heavy (non-hydrogen) atoms. The van der Waals surface area contributed by atoms with Gasteiger partial charge < -0.3 is 5.73 Å². The maximum absolute atomic E-state index is 11.5. The average molecular weight is 179 g/mol. The van der Waals surface area contributed by atoms with Crippen LogP contribution in [0.2, 0.25) is 0 Å². The number of hydrogen-bond donors (Lipinski definition) is 1. The summed E-state index contributed by atoms with van der Waals surface area (Å²) in [5.41, 5.74) is 5.35. The Bertz CT molecular complexity index is 217. The first-order valence-electron chi connectivity index (χ1n) is 3.69. The minimum atomic E-state index is -3.05. The molecule has 0 aromatic carbocycles. The Balaban J connectivity index is 4.85. The molecule has 0 saturated heterocycles. The van der Waals surface area contributed by atoms with Gasteiger partial charge in [0.25, 0.3) is 0 Å². The summed E-state index contributed by atoms with van der Waals surface area (Å²) in [6.07, 6.45) is 0. The van der Waals surface area contributed by atoms with E-state index in [2.05, 4.69) is 0 Å². The second kappa shape index (κ2) is 3.11. The van der Waals surface area contributed by atoms with Gasteiger partial charge >= 0.3 is 0 Å². The van der Waals surface area contributed by atoms with Crippen LogP contribution in [0.15, 0.2) is 0 Å². The lowest BCUT2D eigenvalue weighted by molar-refractivity contribution is 0.540. The Kier molecular flexibility index (Phi) is 3.08. The van der Waals surface area contributed by atoms with Crippen LogP contribution in [0.5, 0.6) is 0 Å². The molecule has 0 aliphatic carbocycles. The van der Waals surface area contributed by atoms with Crippen LogP contribution in [0.3, 0.4) is 0 Å². The molecule has 0 fully saturated rings. The Labute approximate surface area is 68.9 Å². The molecular formula is C7H17NO2S. The molecule has 4 heteroatoms. The highest BCUT2D eigenvalue weighted by Gasteiger charge is 2.34. The molecule has 0 radical (unpaired) electrons. The van der Waals surface area contributed by atoms with Crippen LogP contribution in [0.1, 0.15) is 27.7 Å². The molecule has 0 heterocycles. The molecular weight excluding hydrogens is 162 g/mol. The first-order valence-corrected chi connectivity index (χ1v) is 5.24. The summed E-state index contributed by atoms with van der Waals surface area (Å²) < 4.78 is 22.2. The summed E-state index contributed by atoms with van der Waals surface area (Å²) in [7, 11) is -3.05. The fourth-order valence-corrected chi connectivity index (χ4v) is 2.26. The van der Waals surface area contributed by atoms with Crippen LogP contribution in [-0.4, -0.2) is 25.0 Å². The minimum Gasteiger partial charge on any atom is -0.329 e. The predicted molar refractivity (Wildman–Crippen MR) is 47.2 cm³/mol. The summed E-state index contributed by atoms with van der Waals surface area (Å²) in [6.45, 7) is 6.83. The van der Waals surface area contributed by atoms with E-state index in [0.29, 0.717) is 0 Å². The van der Waals surface area contributed by atoms with Gasteiger partial charge in [0, 0.05) is 6.54 Å². The van der Waals surface area contributed by atoms with Crippen LogP contribution >= 0.6 is 0 Å². The van der Waals surface area contributed by atoms with E-state index in [1.54, 1.807) is 27.7 Å². The van der Waals surface area contributed by atoms with Gasteiger partial charge in [-0.2, -0.15) is 0 Å². The minimum absolute atomic E-state index is 0.174. The molecule has 3 nitrogen and oxygen atoms in total. The Morgan fingerprint density at radius 1 is 1.36 bits per heavy atom. The zero-order valence-corrected chi connectivity index (χ0v) is 8.40. The standard InChI is InChI=1S/C7H17NO2S/c1-6(2)11(9,10)7(3,4)5-8/h6H,5,8H2,1-4H3. The molecule has 0 aromatic heterocycles. The molecule has 0 atom stereocenters. The van der Waals surface area contributed by atoms with Crippen molar-refractivity contribution in [3.63, 3.8) is 0 Å². The van der Waals surface area contributed by atoms with Crippen molar-refractivity contribution in [1.29, 1.82) is 0 Å². The number of sulfone groups is 1. The lowest BCUT2D eigenvalue weighted by Gasteiger charge is -2.24. The van der Waals surface area contributed by atoms with E-state index in [9.17, 15) is 8.42 Å². The van der Waals surface area contributed by atoms with Gasteiger partial charge in [0.1, 0.15) is 0 Å². The van der Waals surface area contributed by atoms with Crippen molar-refractivity contribution in [3.8, 4) is 0 Å². The molecule has 0 unspecified atom stereocenters. The first kappa shape index (κ1) is 10.9. The van der Waals surface area contributed by atoms with Gasteiger partial charge in [-0.1, -0.05) is 0 Å². The number of rotatable bonds is 3. The SMILES string of the molecule is CC(C)S(=O)(=O)C(C)(C)CN. The third-order valence-corrected chi connectivity index (χ3v) is 4.83. The highest BCUT2D eigenvalue weighted by atomic mass is 32.2. The van der Waals surface area contributed by atoms with Gasteiger partial charge in [-0.3, -0.25) is 0 Å². The fraction of sp³-hybridized carbons (Fsp3) is 1.00. The zero-order valence-electron chi connectivity index (χ0n) is 7.59. The molecule has 0 saturated carbocycles. The van der Waals surface area contributed by atoms with Crippen LogP contribution in [0.25, 0.3) is 0 Å². The summed E-state index contributed by atoms with van der Waals surface area (Å²) >= 11 is 0. The summed E-state index contributed by atoms with van der Waals surface area (Å²) in [5.74, 6) is 0. The zero-order chi connectivity index (χ0) is 9.28. The maximum Gasteiger partial charge on any atom is 0.159 e. The van der Waals surface area contributed by atoms with Gasteiger partial charge in [-0.25, -0.2) is 8.42 Å². The average Bonchev–Trinajstić information content (AvgIpc) is 1.87. The molecule has 0 aromatic rings. The number of nitrogens with two attached hydrogens (primary N) is 1. The van der Waals surface area contributed by atoms with Crippen molar-refractivity contribution < 1.29 is 8.42 Å². The van der Waals surface area contributed by atoms with E-state index < -0.39 is 14.6 Å². The highest BCUT2D eigenvalue weighted by molar-refractivity contribution is 7.93. The molecule has 0 spiro atoms. The molecule has 0 aliphatic rings. The Morgan fingerprint density at radius 3 is 1.82 bits per heavy atom. The third kappa shape index (κ3) is 1.93. The summed E-state index contributed by atoms with van der Waals surface area (Å²) in [6, 6.07) is 0. The van der Waals surface area contributed by atoms with Crippen molar-refractivity contribution in [1.82, 2.24) is 0 Å². The van der Waals surface area contributed by atoms with E-state index >= 15 is 0 Å². The van der Waals surface area contributed by atoms with Crippen LogP contribution < -0.4 is 5.73 Å². The predicted octanol–water partition coefficient (Wildman–Crippen LogP) is 0.547. The molecule has 68 valence electrons. The van der Waals surface area contributed by atoms with E-state index in [4.69, 9.17) is 5.73 Å². The largest absolute Gasteiger partial charge is 0.329 e. The van der Waals surface area contributed by atoms with Crippen LogP contribution in [-0.2, 0) is 9.84 Å². The van der Waals surface area contributed by atoms with Gasteiger partial charge in [-0.15, -0.1) is 0 Å². The highest BCUT2D eigenvalue weighted by Crippen LogP contribution is 2.19. The molecule has 0 amide bonds. The van der Waals surface area contributed by atoms with Crippen molar-refractivity contribution in [2.24, 2.45) is 5.73 Å². The second-order valence-electron chi connectivity index (χ2n) is 3.56. The third-order valence-electron chi connectivity index (χ3n) is 1.88. The quantitative estimate of drug-likeness (QED) is 0.688. The van der Waals surface area contributed by atoms with Crippen molar-refractivity contribution in [2.45, 2.75) is 37.7 Å². The number of hydrogen-bond acceptors (Lipinski definition) is 3. The van der Waals surface area contributed by atoms with Crippen LogP contribution in [0.4, 0.5) is 0 Å². The van der Waals surface area contributed by atoms with E-state index in [1.165, 1.54) is 0 Å². The monoisotopic (exact) mass is 179 g/mol. The van der Waals surface area contributed by atoms with Gasteiger partial charge in [-0.05, 0) is 27.7 Å². The molecule has 0 aliphatic heterocycles. The van der Waals surface area contributed by atoms with Gasteiger partial charge in [0.05, 0.1) is 10.00 Å². The first-order chi connectivity index (χ1) is 4.75. The topological polar surface area (TPSA) is 60.2 Å². The lowest BCUT2D eigenvalue weighted by Crippen LogP contribution is -2.43. The lowest BCUT2D eigenvalue weighted by atomic mass is 10.2. The normalized spacial score (nSPS) is 14.0. The van der Waals surface area contributed by atoms with E-state index in [0.717, 1.165) is 0 Å². The van der Waals surface area contributed by atoms with Gasteiger partial charge in [0.15, 0.2) is 9.84 Å². The van der Waals surface area contributed by atoms with Gasteiger partial charge in [0.2, 0.25) is 0 Å². The van der Waals surface area contributed by atoms with E-state index in [1.807, 2.05) is 0 Å². The van der Waals surface area contributed by atoms with E-state index in [-0.39, 0.29) is 11.8 Å². The second-order valence-corrected chi connectivity index (χ2v) is 6.70. The van der Waals surface area contributed by atoms with Crippen LogP contribution in [0, 0.1) is 0 Å². The van der Waals surface area contributed by atoms with Crippen molar-refractivity contribution >= 4 is 9.84 Å². The molecule has 0 bridgehead atoms. The summed E-state index contributed by atoms with van der Waals surface area (Å²) in [5, 5.41) is -0.346. The summed E-state index contributed by atoms with van der Waals surface area (Å²) in [4.78, 5) is 0. The van der Waals surface area contributed by atoms with Crippen molar-refractivity contribution in [3.05, 3.63) is 0 Å². The Morgan fingerprint density at radius 2 is 1.73 bits per heavy atom. The molecule has 2 N–H and O–H groups in total. The molecule has 0 rings (SSSR count). The maximum atomic E-state index is 11.5. The smallest absolute Gasteiger partial charge is 0.159 e. The fourth-order valence-electron chi connectivity index (χ4n) is 0.754. The van der Waals surface area contributed by atoms with Crippen molar-refractivity contribution in [2.75, 3.05) is 6.54 Å².